The molecule has 1 unspecified atom stereocenters. The van der Waals surface area contributed by atoms with Crippen LogP contribution < -0.4 is 0 Å². The molecule has 0 bridgehead atoms. The highest BCUT2D eigenvalue weighted by Crippen LogP contribution is 2.53. The van der Waals surface area contributed by atoms with Gasteiger partial charge in [0.2, 0.25) is 0 Å². The molecule has 0 aliphatic carbocycles. The van der Waals surface area contributed by atoms with Gasteiger partial charge in [-0.25, -0.2) is 0 Å². The number of aromatic hydroxyl groups is 2. The second-order valence-electron chi connectivity index (χ2n) is 6.08. The predicted octanol–water partition coefficient (Wildman–Crippen LogP) is 5.89. The van der Waals surface area contributed by atoms with Crippen LogP contribution in [0.5, 0.6) is 11.5 Å². The molecule has 0 saturated heterocycles. The van der Waals surface area contributed by atoms with Gasteiger partial charge in [0.05, 0.1) is 5.02 Å². The molecule has 0 heterocycles. The van der Waals surface area contributed by atoms with Gasteiger partial charge in [-0.1, -0.05) is 58.5 Å². The number of phenolic OH excluding ortho intramolecular Hbond substituents is 2. The molecule has 152 valence electrons. The molecule has 3 aromatic carbocycles. The van der Waals surface area contributed by atoms with E-state index in [4.69, 9.17) is 46.4 Å². The minimum Gasteiger partial charge on any atom is -0.504 e. The van der Waals surface area contributed by atoms with E-state index in [2.05, 4.69) is 0 Å². The average Bonchev–Trinajstić information content (AvgIpc) is 2.63. The van der Waals surface area contributed by atoms with Crippen molar-refractivity contribution in [2.75, 3.05) is 0 Å². The molecule has 0 aromatic heterocycles. The van der Waals surface area contributed by atoms with Crippen LogP contribution in [0.4, 0.5) is 0 Å². The number of rotatable bonds is 4. The number of benzene rings is 3. The molecule has 3 aromatic rings. The zero-order chi connectivity index (χ0) is 21.6. The summed E-state index contributed by atoms with van der Waals surface area (Å²) in [5.74, 6) is -1.51. The first-order valence-electron chi connectivity index (χ1n) is 7.89. The van der Waals surface area contributed by atoms with Crippen LogP contribution in [0, 0.1) is 0 Å². The van der Waals surface area contributed by atoms with E-state index in [0.29, 0.717) is 0 Å². The molecular formula is C19H12Cl4O5S. The minimum absolute atomic E-state index is 0.0838. The molecular weight excluding hydrogens is 482 g/mol. The lowest BCUT2D eigenvalue weighted by Gasteiger charge is -2.34. The Kier molecular flexibility index (Phi) is 5.98. The van der Waals surface area contributed by atoms with Crippen molar-refractivity contribution in [1.29, 1.82) is 0 Å². The number of halogens is 4. The Labute approximate surface area is 186 Å². The molecule has 10 heteroatoms. The van der Waals surface area contributed by atoms with E-state index < -0.39 is 31.9 Å². The Morgan fingerprint density at radius 3 is 2.03 bits per heavy atom. The van der Waals surface area contributed by atoms with E-state index in [0.717, 1.165) is 6.07 Å². The molecule has 0 aliphatic rings. The van der Waals surface area contributed by atoms with Crippen molar-refractivity contribution in [2.45, 2.75) is 4.75 Å². The second-order valence-corrected chi connectivity index (χ2v) is 9.33. The number of phenols is 2. The van der Waals surface area contributed by atoms with Crippen LogP contribution in [0.3, 0.4) is 0 Å². The Morgan fingerprint density at radius 1 is 0.793 bits per heavy atom. The van der Waals surface area contributed by atoms with Crippen LogP contribution in [0.15, 0.2) is 54.6 Å². The summed E-state index contributed by atoms with van der Waals surface area (Å²) in [6, 6.07) is 11.8. The van der Waals surface area contributed by atoms with Crippen molar-refractivity contribution in [2.24, 2.45) is 0 Å². The average molecular weight is 494 g/mol. The third-order valence-corrected chi connectivity index (χ3v) is 6.93. The molecule has 29 heavy (non-hydrogen) atoms. The van der Waals surface area contributed by atoms with Gasteiger partial charge in [0.1, 0.15) is 0 Å². The summed E-state index contributed by atoms with van der Waals surface area (Å²) in [6.45, 7) is 0. The molecule has 0 spiro atoms. The lowest BCUT2D eigenvalue weighted by Crippen LogP contribution is -2.39. The van der Waals surface area contributed by atoms with Gasteiger partial charge < -0.3 is 10.2 Å². The van der Waals surface area contributed by atoms with Crippen LogP contribution in [-0.4, -0.2) is 23.2 Å². The molecule has 5 nitrogen and oxygen atoms in total. The summed E-state index contributed by atoms with van der Waals surface area (Å²) in [5, 5.41) is 20.6. The number of hydrogen-bond acceptors (Lipinski definition) is 4. The summed E-state index contributed by atoms with van der Waals surface area (Å²) in [6.07, 6.45) is 0. The lowest BCUT2D eigenvalue weighted by atomic mass is 9.83. The van der Waals surface area contributed by atoms with Crippen LogP contribution >= 0.6 is 46.4 Å². The molecule has 1 atom stereocenters. The molecule has 0 aliphatic heterocycles. The first-order chi connectivity index (χ1) is 13.5. The van der Waals surface area contributed by atoms with Crippen molar-refractivity contribution in [3.63, 3.8) is 0 Å². The van der Waals surface area contributed by atoms with Crippen LogP contribution in [-0.2, 0) is 14.9 Å². The topological polar surface area (TPSA) is 94.8 Å². The normalized spacial score (nSPS) is 13.8. The standard InChI is InChI=1S/C19H12Cl4O5S/c20-11-3-1-2-10(8-11)19(29(26,27)28,13-9-12(21)4-5-14(13)22)17-15(23)6-7-16(24)18(17)25/h1-9,24-25H,(H,26,27,28). The predicted molar refractivity (Wildman–Crippen MR) is 114 cm³/mol. The van der Waals surface area contributed by atoms with E-state index in [1.165, 1.54) is 48.5 Å². The van der Waals surface area contributed by atoms with Crippen LogP contribution in [0.2, 0.25) is 20.1 Å². The molecule has 3 N–H and O–H groups in total. The quantitative estimate of drug-likeness (QED) is 0.239. The highest BCUT2D eigenvalue weighted by atomic mass is 35.5. The molecule has 0 fully saturated rings. The SMILES string of the molecule is O=S(=O)(O)C(c1cccc(Cl)c1)(c1cc(Cl)ccc1Cl)c1c(Cl)ccc(O)c1O. The van der Waals surface area contributed by atoms with E-state index in [-0.39, 0.29) is 31.2 Å². The summed E-state index contributed by atoms with van der Waals surface area (Å²) in [4.78, 5) is 0. The van der Waals surface area contributed by atoms with Gasteiger partial charge in [-0.15, -0.1) is 0 Å². The van der Waals surface area contributed by atoms with Crippen molar-refractivity contribution in [3.8, 4) is 11.5 Å². The maximum atomic E-state index is 13.0. The first-order valence-corrected chi connectivity index (χ1v) is 10.8. The van der Waals surface area contributed by atoms with Crippen LogP contribution in [0.1, 0.15) is 16.7 Å². The summed E-state index contributed by atoms with van der Waals surface area (Å²) >= 11 is 24.7. The Bertz CT molecular complexity index is 1210. The zero-order valence-electron chi connectivity index (χ0n) is 14.3. The first kappa shape index (κ1) is 22.0. The summed E-state index contributed by atoms with van der Waals surface area (Å²) in [5.41, 5.74) is -0.785. The fraction of sp³-hybridized carbons (Fsp3) is 0.0526. The fourth-order valence-electron chi connectivity index (χ4n) is 3.22. The zero-order valence-corrected chi connectivity index (χ0v) is 18.1. The van der Waals surface area contributed by atoms with Crippen molar-refractivity contribution in [3.05, 3.63) is 91.4 Å². The van der Waals surface area contributed by atoms with Crippen LogP contribution in [0.25, 0.3) is 0 Å². The maximum Gasteiger partial charge on any atom is 0.283 e. The third kappa shape index (κ3) is 3.65. The monoisotopic (exact) mass is 492 g/mol. The molecule has 0 saturated carbocycles. The largest absolute Gasteiger partial charge is 0.504 e. The summed E-state index contributed by atoms with van der Waals surface area (Å²) in [7, 11) is -5.16. The van der Waals surface area contributed by atoms with E-state index >= 15 is 0 Å². The van der Waals surface area contributed by atoms with E-state index in [1.54, 1.807) is 0 Å². The fourth-order valence-corrected chi connectivity index (χ4v) is 5.58. The van der Waals surface area contributed by atoms with Gasteiger partial charge in [-0.05, 0) is 48.0 Å². The Hall–Kier alpha value is -1.67. The highest BCUT2D eigenvalue weighted by molar-refractivity contribution is 7.87. The van der Waals surface area contributed by atoms with E-state index in [1.807, 2.05) is 0 Å². The highest BCUT2D eigenvalue weighted by Gasteiger charge is 2.53. The number of hydrogen-bond donors (Lipinski definition) is 3. The van der Waals surface area contributed by atoms with Gasteiger partial charge in [0.25, 0.3) is 10.1 Å². The molecule has 3 rings (SSSR count). The smallest absolute Gasteiger partial charge is 0.283 e. The summed E-state index contributed by atoms with van der Waals surface area (Å²) < 4.78 is 34.0. The molecule has 0 amide bonds. The van der Waals surface area contributed by atoms with Gasteiger partial charge >= 0.3 is 0 Å². The van der Waals surface area contributed by atoms with E-state index in [9.17, 15) is 23.2 Å². The van der Waals surface area contributed by atoms with Gasteiger partial charge in [-0.2, -0.15) is 8.42 Å². The second kappa shape index (κ2) is 7.87. The van der Waals surface area contributed by atoms with Gasteiger partial charge in [0, 0.05) is 26.2 Å². The van der Waals surface area contributed by atoms with Crippen molar-refractivity contribution < 1.29 is 23.2 Å². The van der Waals surface area contributed by atoms with Gasteiger partial charge in [0.15, 0.2) is 16.2 Å². The maximum absolute atomic E-state index is 13.0. The molecule has 0 radical (unpaired) electrons. The van der Waals surface area contributed by atoms with Gasteiger partial charge in [-0.3, -0.25) is 4.55 Å². The minimum atomic E-state index is -5.16. The van der Waals surface area contributed by atoms with Crippen molar-refractivity contribution in [1.82, 2.24) is 0 Å². The third-order valence-electron chi connectivity index (χ3n) is 4.38. The Balaban J connectivity index is 2.68. The van der Waals surface area contributed by atoms with Crippen molar-refractivity contribution >= 4 is 56.5 Å². The lowest BCUT2D eigenvalue weighted by molar-refractivity contribution is 0.394. The Morgan fingerprint density at radius 2 is 1.41 bits per heavy atom.